The van der Waals surface area contributed by atoms with Crippen LogP contribution in [0.1, 0.15) is 71.4 Å². The molecule has 0 spiro atoms. The van der Waals surface area contributed by atoms with Crippen molar-refractivity contribution in [3.63, 3.8) is 0 Å². The fourth-order valence-electron chi connectivity index (χ4n) is 6.50. The second-order valence-corrected chi connectivity index (χ2v) is 11.8. The highest BCUT2D eigenvalue weighted by Crippen LogP contribution is 2.38. The number of carbonyl (C=O) groups excluding carboxylic acids is 1. The van der Waals surface area contributed by atoms with E-state index in [-0.39, 0.29) is 5.69 Å². The maximum absolute atomic E-state index is 11.9. The first-order valence-electron chi connectivity index (χ1n) is 14.9. The topological polar surface area (TPSA) is 58.1 Å². The molecule has 0 amide bonds. The first-order chi connectivity index (χ1) is 20.0. The quantitative estimate of drug-likeness (QED) is 0.281. The predicted molar refractivity (Wildman–Crippen MR) is 157 cm³/mol. The number of benzene rings is 1. The highest BCUT2D eigenvalue weighted by atomic mass is 19.4. The summed E-state index contributed by atoms with van der Waals surface area (Å²) in [7, 11) is 4.11. The molecule has 232 valence electrons. The summed E-state index contributed by atoms with van der Waals surface area (Å²) in [6.07, 6.45) is 1.87. The standard InChI is InChI=1S/C25H41N3O2.C7H4F3NO/c1-18-19(2)25(30-13-7-12-27-11-6-8-23(17-27)29-5)10-9-24(18)20(3)28-16-21-14-22(28)15-26(21)4;8-7(9,10)5-1-2-6(4-12)11-3-5/h9-10,20-23H,6-8,11-17H2,1-5H3;1-4H/t20-,21?,22?,23?;/m0./s1. The molecule has 4 atom stereocenters. The molecule has 0 radical (unpaired) electrons. The van der Waals surface area contributed by atoms with Crippen molar-refractivity contribution in [2.75, 3.05) is 53.5 Å². The Balaban J connectivity index is 0.000000283. The van der Waals surface area contributed by atoms with Crippen LogP contribution in [0.3, 0.4) is 0 Å². The molecule has 0 N–H and O–H groups in total. The van der Waals surface area contributed by atoms with Crippen molar-refractivity contribution in [1.29, 1.82) is 0 Å². The molecule has 7 nitrogen and oxygen atoms in total. The van der Waals surface area contributed by atoms with Crippen LogP contribution in [0.4, 0.5) is 13.2 Å². The Hall–Kier alpha value is -2.53. The number of pyridine rings is 1. The van der Waals surface area contributed by atoms with Gasteiger partial charge in [-0.1, -0.05) is 6.07 Å². The Morgan fingerprint density at radius 3 is 2.48 bits per heavy atom. The number of carbonyl (C=O) groups is 1. The minimum atomic E-state index is -4.39. The molecule has 2 aromatic rings. The number of methoxy groups -OCH3 is 1. The minimum absolute atomic E-state index is 0.0111. The van der Waals surface area contributed by atoms with Crippen LogP contribution in [0, 0.1) is 13.8 Å². The fraction of sp³-hybridized carbons (Fsp3) is 0.625. The van der Waals surface area contributed by atoms with Gasteiger partial charge < -0.3 is 19.3 Å². The molecule has 3 aliphatic rings. The lowest BCUT2D eigenvalue weighted by atomic mass is 9.96. The Morgan fingerprint density at radius 1 is 1.10 bits per heavy atom. The average molecular weight is 591 g/mol. The molecular weight excluding hydrogens is 545 g/mol. The van der Waals surface area contributed by atoms with Crippen molar-refractivity contribution in [3.8, 4) is 5.75 Å². The van der Waals surface area contributed by atoms with Crippen molar-refractivity contribution in [2.24, 2.45) is 0 Å². The zero-order chi connectivity index (χ0) is 30.4. The van der Waals surface area contributed by atoms with Crippen molar-refractivity contribution in [3.05, 3.63) is 58.4 Å². The van der Waals surface area contributed by atoms with Gasteiger partial charge in [-0.3, -0.25) is 14.7 Å². The minimum Gasteiger partial charge on any atom is -0.493 e. The van der Waals surface area contributed by atoms with E-state index in [1.54, 1.807) is 0 Å². The van der Waals surface area contributed by atoms with Gasteiger partial charge in [-0.15, -0.1) is 0 Å². The van der Waals surface area contributed by atoms with Gasteiger partial charge in [0.05, 0.1) is 18.3 Å². The number of rotatable bonds is 9. The number of aldehydes is 1. The summed E-state index contributed by atoms with van der Waals surface area (Å²) >= 11 is 0. The van der Waals surface area contributed by atoms with E-state index < -0.39 is 11.7 Å². The fourth-order valence-corrected chi connectivity index (χ4v) is 6.50. The second-order valence-electron chi connectivity index (χ2n) is 11.8. The highest BCUT2D eigenvalue weighted by Gasteiger charge is 2.43. The molecule has 4 heterocycles. The van der Waals surface area contributed by atoms with E-state index in [2.05, 4.69) is 59.6 Å². The number of halogens is 3. The maximum Gasteiger partial charge on any atom is 0.417 e. The third-order valence-corrected chi connectivity index (χ3v) is 9.19. The van der Waals surface area contributed by atoms with Crippen molar-refractivity contribution in [1.82, 2.24) is 19.7 Å². The van der Waals surface area contributed by atoms with Gasteiger partial charge in [-0.2, -0.15) is 13.2 Å². The molecule has 1 aromatic carbocycles. The number of ether oxygens (including phenoxy) is 2. The number of likely N-dealkylation sites (tertiary alicyclic amines) is 3. The molecule has 42 heavy (non-hydrogen) atoms. The number of nitrogens with zero attached hydrogens (tertiary/aromatic N) is 4. The van der Waals surface area contributed by atoms with Crippen molar-refractivity contribution in [2.45, 2.75) is 76.9 Å². The lowest BCUT2D eigenvalue weighted by Crippen LogP contribution is -2.45. The van der Waals surface area contributed by atoms with Gasteiger partial charge >= 0.3 is 6.18 Å². The molecule has 5 rings (SSSR count). The number of piperazine rings is 1. The molecular formula is C32H45F3N4O3. The van der Waals surface area contributed by atoms with Crippen LogP contribution in [0.5, 0.6) is 5.75 Å². The molecule has 2 bridgehead atoms. The number of fused-ring (bicyclic) bond motifs is 2. The Kier molecular flexibility index (Phi) is 11.0. The molecule has 3 unspecified atom stereocenters. The molecule has 3 fully saturated rings. The molecule has 10 heteroatoms. The average Bonchev–Trinajstić information content (AvgIpc) is 3.57. The van der Waals surface area contributed by atoms with Crippen molar-refractivity contribution < 1.29 is 27.4 Å². The van der Waals surface area contributed by atoms with Crippen LogP contribution >= 0.6 is 0 Å². The van der Waals surface area contributed by atoms with E-state index in [0.29, 0.717) is 24.6 Å². The summed E-state index contributed by atoms with van der Waals surface area (Å²) in [6.45, 7) is 13.4. The van der Waals surface area contributed by atoms with Gasteiger partial charge in [0.2, 0.25) is 0 Å². The summed E-state index contributed by atoms with van der Waals surface area (Å²) in [6, 6.07) is 8.31. The lowest BCUT2D eigenvalue weighted by Gasteiger charge is -2.37. The zero-order valence-corrected chi connectivity index (χ0v) is 25.5. The summed E-state index contributed by atoms with van der Waals surface area (Å²) in [5, 5.41) is 0. The number of hydrogen-bond donors (Lipinski definition) is 0. The number of piperidine rings is 1. The van der Waals surface area contributed by atoms with Crippen LogP contribution in [-0.4, -0.2) is 97.6 Å². The third-order valence-electron chi connectivity index (χ3n) is 9.19. The van der Waals surface area contributed by atoms with E-state index in [4.69, 9.17) is 9.47 Å². The van der Waals surface area contributed by atoms with Gasteiger partial charge in [-0.25, -0.2) is 0 Å². The smallest absolute Gasteiger partial charge is 0.417 e. The normalized spacial score (nSPS) is 23.9. The second kappa shape index (κ2) is 14.3. The highest BCUT2D eigenvalue weighted by molar-refractivity contribution is 5.71. The van der Waals surface area contributed by atoms with Gasteiger partial charge in [-0.05, 0) is 94.9 Å². The van der Waals surface area contributed by atoms with Crippen LogP contribution in [-0.2, 0) is 10.9 Å². The van der Waals surface area contributed by atoms with E-state index in [0.717, 1.165) is 56.1 Å². The van der Waals surface area contributed by atoms with Crippen LogP contribution < -0.4 is 4.74 Å². The van der Waals surface area contributed by atoms with Crippen molar-refractivity contribution >= 4 is 6.29 Å². The van der Waals surface area contributed by atoms with Gasteiger partial charge in [0.15, 0.2) is 6.29 Å². The Morgan fingerprint density at radius 2 is 1.88 bits per heavy atom. The molecule has 3 aliphatic heterocycles. The summed E-state index contributed by atoms with van der Waals surface area (Å²) in [4.78, 5) is 21.1. The Labute approximate surface area is 248 Å². The largest absolute Gasteiger partial charge is 0.493 e. The third kappa shape index (κ3) is 7.89. The van der Waals surface area contributed by atoms with Crippen LogP contribution in [0.25, 0.3) is 0 Å². The zero-order valence-electron chi connectivity index (χ0n) is 25.5. The predicted octanol–water partition coefficient (Wildman–Crippen LogP) is 5.55. The van der Waals surface area contributed by atoms with E-state index in [1.165, 1.54) is 55.6 Å². The lowest BCUT2D eigenvalue weighted by molar-refractivity contribution is -0.137. The SMILES string of the molecule is COC1CCCN(CCCOc2ccc([C@H](C)N3CC4CC3CN4C)c(C)c2C)C1.O=Cc1ccc(C(F)(F)F)cn1. The molecule has 0 saturated carbocycles. The molecule has 1 aromatic heterocycles. The van der Waals surface area contributed by atoms with Gasteiger partial charge in [0.25, 0.3) is 0 Å². The summed E-state index contributed by atoms with van der Waals surface area (Å²) < 4.78 is 47.4. The van der Waals surface area contributed by atoms with Gasteiger partial charge in [0.1, 0.15) is 11.4 Å². The van der Waals surface area contributed by atoms with Crippen LogP contribution in [0.2, 0.25) is 0 Å². The molecule has 0 aliphatic carbocycles. The number of hydrogen-bond acceptors (Lipinski definition) is 7. The summed E-state index contributed by atoms with van der Waals surface area (Å²) in [5.74, 6) is 1.06. The monoisotopic (exact) mass is 590 g/mol. The summed E-state index contributed by atoms with van der Waals surface area (Å²) in [5.41, 5.74) is 3.30. The van der Waals surface area contributed by atoms with E-state index in [9.17, 15) is 18.0 Å². The maximum atomic E-state index is 11.9. The van der Waals surface area contributed by atoms with E-state index in [1.807, 2.05) is 7.11 Å². The number of likely N-dealkylation sites (N-methyl/N-ethyl adjacent to an activating group) is 1. The van der Waals surface area contributed by atoms with Crippen LogP contribution in [0.15, 0.2) is 30.5 Å². The first-order valence-corrected chi connectivity index (χ1v) is 14.9. The van der Waals surface area contributed by atoms with Gasteiger partial charge in [0, 0.05) is 57.6 Å². The molecule has 3 saturated heterocycles. The number of alkyl halides is 3. The van der Waals surface area contributed by atoms with E-state index >= 15 is 0 Å². The Bertz CT molecular complexity index is 1170. The number of aromatic nitrogens is 1. The first kappa shape index (κ1) is 32.4.